The Morgan fingerprint density at radius 2 is 1.33 bits per heavy atom. The van der Waals surface area contributed by atoms with E-state index in [0.717, 1.165) is 66.3 Å². The van der Waals surface area contributed by atoms with E-state index in [2.05, 4.69) is 58.7 Å². The minimum absolute atomic E-state index is 0.0475. The van der Waals surface area contributed by atoms with Gasteiger partial charge in [0.15, 0.2) is 11.5 Å². The lowest BCUT2D eigenvalue weighted by Crippen LogP contribution is -2.64. The van der Waals surface area contributed by atoms with Crippen molar-refractivity contribution < 1.29 is 74.4 Å². The van der Waals surface area contributed by atoms with Gasteiger partial charge in [-0.2, -0.15) is 0 Å². The maximum Gasteiger partial charge on any atom is 0.251 e. The highest BCUT2D eigenvalue weighted by Crippen LogP contribution is 2.33. The lowest BCUT2D eigenvalue weighted by Gasteiger charge is -2.41. The number of aromatic nitrogens is 2. The predicted molar refractivity (Wildman–Crippen MR) is 320 cm³/mol. The molecule has 0 spiro atoms. The van der Waals surface area contributed by atoms with E-state index in [1.807, 2.05) is 12.1 Å². The van der Waals surface area contributed by atoms with Crippen LogP contribution in [0.3, 0.4) is 0 Å². The van der Waals surface area contributed by atoms with E-state index in [-0.39, 0.29) is 30.6 Å². The SMILES string of the molecule is C[C@H](O)[C@@H]1NC(=O)[C@@H](NC(=O)c2ccc(-c3nnc(-c4ccc(N5CCN(C6CCCCC6)CC5)cc4)s3)cc2)C[C@H](O)CNC(=O)[C@@H]2[C@@H](O)[C@H](C)CN2C(=O)[C@H]([C@H](O)CCN)NC(=O)[C@H]([C@H](O)Cc2ccc(O)c(O)c2)NC(=O)[C@@H]2C[C@H](O)CN2C1=O. The fourth-order valence-electron chi connectivity index (χ4n) is 12.4. The number of hydrogen-bond donors (Lipinski definition) is 14. The first kappa shape index (κ1) is 65.0. The Hall–Kier alpha value is -7.41. The largest absolute Gasteiger partial charge is 0.504 e. The second-order valence-electron chi connectivity index (χ2n) is 23.8. The van der Waals surface area contributed by atoms with Crippen molar-refractivity contribution in [3.63, 3.8) is 0 Å². The van der Waals surface area contributed by atoms with Crippen molar-refractivity contribution in [3.8, 4) is 32.6 Å². The third kappa shape index (κ3) is 15.2. The van der Waals surface area contributed by atoms with E-state index in [0.29, 0.717) is 21.6 Å². The van der Waals surface area contributed by atoms with Gasteiger partial charge in [0.25, 0.3) is 5.91 Å². The molecular weight excluding hydrogens is 1160 g/mol. The van der Waals surface area contributed by atoms with Crippen molar-refractivity contribution in [2.45, 2.75) is 151 Å². The summed E-state index contributed by atoms with van der Waals surface area (Å²) < 4.78 is 0. The zero-order valence-electron chi connectivity index (χ0n) is 49.1. The number of nitrogens with zero attached hydrogens (tertiary/aromatic N) is 6. The maximum atomic E-state index is 14.6. The molecule has 1 aliphatic carbocycles. The Kier molecular flexibility index (Phi) is 21.3. The number of carbonyl (C=O) groups is 7. The van der Waals surface area contributed by atoms with Gasteiger partial charge in [0.2, 0.25) is 35.4 Å². The van der Waals surface area contributed by atoms with Crippen LogP contribution < -0.4 is 37.2 Å². The Balaban J connectivity index is 0.951. The number of carbonyl (C=O) groups excluding carboxylic acids is 7. The Morgan fingerprint density at radius 3 is 1.97 bits per heavy atom. The lowest BCUT2D eigenvalue weighted by atomic mass is 9.94. The molecule has 15 N–H and O–H groups in total. The summed E-state index contributed by atoms with van der Waals surface area (Å²) >= 11 is 1.35. The third-order valence-electron chi connectivity index (χ3n) is 17.4. The topological polar surface area (TPSA) is 406 Å². The monoisotopic (exact) mass is 1240 g/mol. The van der Waals surface area contributed by atoms with Crippen molar-refractivity contribution in [1.82, 2.24) is 51.5 Å². The number of nitrogens with two attached hydrogens (primary N) is 1. The maximum absolute atomic E-state index is 14.6. The van der Waals surface area contributed by atoms with Crippen LogP contribution in [0.2, 0.25) is 0 Å². The van der Waals surface area contributed by atoms with E-state index in [1.54, 1.807) is 12.1 Å². The Bertz CT molecular complexity index is 3130. The number of β-amino-alcohol motifs (C(OH)–C–C–N with tert-alkyl or cyclic N) is 1. The van der Waals surface area contributed by atoms with Crippen LogP contribution in [0.4, 0.5) is 5.69 Å². The minimum atomic E-state index is -2.06. The van der Waals surface area contributed by atoms with Gasteiger partial charge in [0.05, 0.1) is 36.6 Å². The fraction of sp³-hybridized carbons (Fsp3) is 0.550. The van der Waals surface area contributed by atoms with Crippen molar-refractivity contribution in [2.75, 3.05) is 57.3 Å². The molecule has 27 nitrogen and oxygen atoms in total. The summed E-state index contributed by atoms with van der Waals surface area (Å²) in [4.78, 5) is 108. The highest BCUT2D eigenvalue weighted by atomic mass is 32.1. The second kappa shape index (κ2) is 28.8. The Morgan fingerprint density at radius 1 is 0.705 bits per heavy atom. The molecule has 28 heteroatoms. The van der Waals surface area contributed by atoms with Crippen molar-refractivity contribution in [2.24, 2.45) is 11.7 Å². The molecule has 1 aromatic heterocycles. The highest BCUT2D eigenvalue weighted by molar-refractivity contribution is 7.17. The average Bonchev–Trinajstić information content (AvgIpc) is 4.15. The predicted octanol–water partition coefficient (Wildman–Crippen LogP) is -1.96. The van der Waals surface area contributed by atoms with Crippen molar-refractivity contribution in [3.05, 3.63) is 77.9 Å². The van der Waals surface area contributed by atoms with Crippen LogP contribution >= 0.6 is 11.3 Å². The summed E-state index contributed by atoms with van der Waals surface area (Å²) in [6, 6.07) is 7.69. The summed E-state index contributed by atoms with van der Waals surface area (Å²) in [7, 11) is 0. The highest BCUT2D eigenvalue weighted by Gasteiger charge is 2.50. The van der Waals surface area contributed by atoms with E-state index in [4.69, 9.17) is 5.73 Å². The molecule has 5 aliphatic rings. The number of nitrogens with one attached hydrogen (secondary N) is 5. The molecule has 4 aliphatic heterocycles. The second-order valence-corrected chi connectivity index (χ2v) is 24.7. The molecule has 0 unspecified atom stereocenters. The summed E-state index contributed by atoms with van der Waals surface area (Å²) in [6.45, 7) is 4.99. The van der Waals surface area contributed by atoms with E-state index in [9.17, 15) is 74.4 Å². The lowest BCUT2D eigenvalue weighted by molar-refractivity contribution is -0.147. The first-order chi connectivity index (χ1) is 42.1. The molecule has 7 amide bonds. The number of fused-ring (bicyclic) bond motifs is 2. The normalized spacial score (nSPS) is 27.9. The number of aliphatic hydroxyl groups is 6. The summed E-state index contributed by atoms with van der Waals surface area (Å²) in [6.07, 6.45) is -5.42. The van der Waals surface area contributed by atoms with E-state index in [1.165, 1.54) is 68.6 Å². The number of aromatic hydroxyl groups is 2. The first-order valence-electron chi connectivity index (χ1n) is 30.0. The molecule has 0 radical (unpaired) electrons. The molecule has 4 aromatic rings. The molecular formula is C60H80N12O15S. The van der Waals surface area contributed by atoms with Gasteiger partial charge in [-0.25, -0.2) is 0 Å². The van der Waals surface area contributed by atoms with Crippen LogP contribution in [0.15, 0.2) is 66.7 Å². The number of phenols is 2. The molecule has 0 bridgehead atoms. The standard InChI is InChI=1S/C60H80N12O15S/c1-31-29-72-50(51(31)80)56(85)62-28-39(74)26-41(63-52(81)34-9-11-35(12-10-34)57-67-68-58(88-57)36-13-15-38(16-14-36)70-22-20-69(21-23-70)37-6-4-3-5-7-37)53(82)64-47(32(2)73)59(86)71-30-40(75)27-42(71)54(83)65-48(46(79)25-33-8-17-43(76)45(78)24-33)55(84)66-49(60(72)87)44(77)18-19-61/h8-17,24,31-32,37,39-42,44,46-51,73-80H,3-7,18-23,25-30,61H2,1-2H3,(H,62,85)(H,63,81)(H,64,82)(H,65,83)(H,66,84)/t31-,32+,39+,40+,41+,42+,44-,46-,47+,48+,49+,50+,51+/m1/s1. The van der Waals surface area contributed by atoms with Gasteiger partial charge in [-0.3, -0.25) is 38.5 Å². The number of phenolic OH excluding ortho intramolecular Hbond substituents is 2. The number of anilines is 1. The summed E-state index contributed by atoms with van der Waals surface area (Å²) in [5.41, 5.74) is 8.62. The smallest absolute Gasteiger partial charge is 0.251 e. The number of benzene rings is 3. The molecule has 476 valence electrons. The number of hydrogen-bond acceptors (Lipinski definition) is 21. The van der Waals surface area contributed by atoms with E-state index >= 15 is 0 Å². The van der Waals surface area contributed by atoms with E-state index < -0.39 is 164 Å². The fourth-order valence-corrected chi connectivity index (χ4v) is 13.2. The number of amides is 7. The van der Waals surface area contributed by atoms with Crippen LogP contribution in [-0.4, -0.2) is 238 Å². The van der Waals surface area contributed by atoms with Crippen LogP contribution in [0.1, 0.15) is 81.1 Å². The molecule has 5 fully saturated rings. The van der Waals surface area contributed by atoms with Gasteiger partial charge in [-0.15, -0.1) is 10.2 Å². The average molecular weight is 1240 g/mol. The van der Waals surface area contributed by atoms with Gasteiger partial charge in [-0.1, -0.05) is 55.7 Å². The zero-order chi connectivity index (χ0) is 63.1. The minimum Gasteiger partial charge on any atom is -0.504 e. The van der Waals surface area contributed by atoms with Gasteiger partial charge < -0.3 is 87.9 Å². The molecule has 9 rings (SSSR count). The van der Waals surface area contributed by atoms with Crippen LogP contribution in [0.5, 0.6) is 11.5 Å². The summed E-state index contributed by atoms with van der Waals surface area (Å²) in [5.74, 6) is -9.47. The van der Waals surface area contributed by atoms with Crippen LogP contribution in [0, 0.1) is 5.92 Å². The van der Waals surface area contributed by atoms with Crippen LogP contribution in [-0.2, 0) is 35.2 Å². The molecule has 4 saturated heterocycles. The molecule has 88 heavy (non-hydrogen) atoms. The zero-order valence-corrected chi connectivity index (χ0v) is 49.9. The van der Waals surface area contributed by atoms with Gasteiger partial charge in [0.1, 0.15) is 46.3 Å². The van der Waals surface area contributed by atoms with Gasteiger partial charge >= 0.3 is 0 Å². The molecule has 1 saturated carbocycles. The molecule has 5 heterocycles. The molecule has 3 aromatic carbocycles. The molecule has 13 atom stereocenters. The first-order valence-corrected chi connectivity index (χ1v) is 30.8. The van der Waals surface area contributed by atoms with Crippen molar-refractivity contribution in [1.29, 1.82) is 0 Å². The van der Waals surface area contributed by atoms with Gasteiger partial charge in [0, 0.05) is 99.4 Å². The summed E-state index contributed by atoms with van der Waals surface area (Å²) in [5, 5.41) is 111. The number of aliphatic hydroxyl groups excluding tert-OH is 6. The number of piperazine rings is 1. The quantitative estimate of drug-likeness (QED) is 0.0646. The van der Waals surface area contributed by atoms with Crippen LogP contribution in [0.25, 0.3) is 21.1 Å². The Labute approximate surface area is 512 Å². The third-order valence-corrected chi connectivity index (χ3v) is 18.4. The number of rotatable bonds is 13. The van der Waals surface area contributed by atoms with Gasteiger partial charge in [-0.05, 0) is 86.8 Å². The van der Waals surface area contributed by atoms with Crippen molar-refractivity contribution >= 4 is 58.4 Å².